The Morgan fingerprint density at radius 2 is 2.04 bits per heavy atom. The highest BCUT2D eigenvalue weighted by molar-refractivity contribution is 6.31. The summed E-state index contributed by atoms with van der Waals surface area (Å²) in [7, 11) is 0. The summed E-state index contributed by atoms with van der Waals surface area (Å²) in [5.74, 6) is -3.04. The van der Waals surface area contributed by atoms with Crippen molar-refractivity contribution in [1.29, 1.82) is 5.26 Å². The summed E-state index contributed by atoms with van der Waals surface area (Å²) in [6.45, 7) is 4.01. The zero-order chi connectivity index (χ0) is 19.3. The van der Waals surface area contributed by atoms with Gasteiger partial charge in [-0.1, -0.05) is 31.5 Å². The number of carbonyl (C=O) groups is 2. The first-order valence-corrected chi connectivity index (χ1v) is 8.59. The molecule has 1 heterocycles. The number of nitriles is 1. The molecule has 7 heteroatoms. The van der Waals surface area contributed by atoms with Gasteiger partial charge in [-0.3, -0.25) is 9.59 Å². The van der Waals surface area contributed by atoms with Gasteiger partial charge in [-0.05, 0) is 25.0 Å². The lowest BCUT2D eigenvalue weighted by atomic mass is 9.64. The molecule has 1 spiro atoms. The lowest BCUT2D eigenvalue weighted by molar-refractivity contribution is -0.125. The van der Waals surface area contributed by atoms with Crippen LogP contribution in [0.15, 0.2) is 23.8 Å². The molecule has 1 fully saturated rings. The average Bonchev–Trinajstić information content (AvgIpc) is 2.97. The lowest BCUT2D eigenvalue weighted by Crippen LogP contribution is -2.41. The van der Waals surface area contributed by atoms with Gasteiger partial charge in [0, 0.05) is 23.9 Å². The number of hydrogen-bond donors (Lipinski definition) is 0. The van der Waals surface area contributed by atoms with E-state index in [1.54, 1.807) is 19.9 Å². The van der Waals surface area contributed by atoms with Gasteiger partial charge in [0.25, 0.3) is 5.91 Å². The highest BCUT2D eigenvalue weighted by Gasteiger charge is 2.49. The summed E-state index contributed by atoms with van der Waals surface area (Å²) in [6, 6.07) is 3.95. The summed E-state index contributed by atoms with van der Waals surface area (Å²) >= 11 is 5.67. The van der Waals surface area contributed by atoms with Crippen molar-refractivity contribution in [2.24, 2.45) is 10.8 Å². The highest BCUT2D eigenvalue weighted by atomic mass is 35.5. The predicted molar refractivity (Wildman–Crippen MR) is 91.4 cm³/mol. The van der Waals surface area contributed by atoms with Crippen LogP contribution >= 0.6 is 11.6 Å². The fourth-order valence-electron chi connectivity index (χ4n) is 4.04. The molecule has 1 amide bonds. The van der Waals surface area contributed by atoms with Crippen molar-refractivity contribution < 1.29 is 18.4 Å². The first kappa shape index (κ1) is 18.5. The quantitative estimate of drug-likeness (QED) is 0.696. The molecule has 4 nitrogen and oxygen atoms in total. The monoisotopic (exact) mass is 378 g/mol. The number of rotatable bonds is 1. The molecular formula is C19H17ClF2N2O2. The minimum atomic E-state index is -1.08. The second-order valence-corrected chi connectivity index (χ2v) is 8.02. The molecule has 1 aliphatic carbocycles. The molecule has 0 bridgehead atoms. The second kappa shape index (κ2) is 6.17. The van der Waals surface area contributed by atoms with Crippen molar-refractivity contribution in [2.45, 2.75) is 26.7 Å². The van der Waals surface area contributed by atoms with E-state index in [1.807, 2.05) is 6.07 Å². The zero-order valence-corrected chi connectivity index (χ0v) is 15.2. The molecule has 0 radical (unpaired) electrons. The standard InChI is InChI=1S/C19H17ClF2N2O2/c1-18(2)9-19(7-11(8-23)16(18)25)5-6-24(10-19)17(26)14-13(21)4-3-12(20)15(14)22/h3-4,7H,5-6,9-10H2,1-2H3/t19-/m0/s1. The van der Waals surface area contributed by atoms with Crippen molar-refractivity contribution in [3.8, 4) is 6.07 Å². The molecule has 1 saturated heterocycles. The summed E-state index contributed by atoms with van der Waals surface area (Å²) < 4.78 is 28.2. The molecular weight excluding hydrogens is 362 g/mol. The molecule has 1 aromatic carbocycles. The first-order chi connectivity index (χ1) is 12.1. The third-order valence-corrected chi connectivity index (χ3v) is 5.45. The summed E-state index contributed by atoms with van der Waals surface area (Å²) in [4.78, 5) is 26.3. The minimum Gasteiger partial charge on any atom is -0.338 e. The van der Waals surface area contributed by atoms with Gasteiger partial charge in [0.2, 0.25) is 0 Å². The topological polar surface area (TPSA) is 61.2 Å². The van der Waals surface area contributed by atoms with Gasteiger partial charge in [-0.15, -0.1) is 0 Å². The normalized spacial score (nSPS) is 24.5. The third kappa shape index (κ3) is 2.90. The van der Waals surface area contributed by atoms with Gasteiger partial charge in [0.05, 0.1) is 10.6 Å². The maximum atomic E-state index is 14.2. The Kier molecular flexibility index (Phi) is 4.40. The molecule has 2 aliphatic rings. The largest absolute Gasteiger partial charge is 0.338 e. The second-order valence-electron chi connectivity index (χ2n) is 7.62. The number of nitrogens with zero attached hydrogens (tertiary/aromatic N) is 2. The van der Waals surface area contributed by atoms with E-state index in [0.717, 1.165) is 12.1 Å². The molecule has 3 rings (SSSR count). The summed E-state index contributed by atoms with van der Waals surface area (Å²) in [5, 5.41) is 8.94. The van der Waals surface area contributed by atoms with Crippen LogP contribution in [0, 0.1) is 33.8 Å². The van der Waals surface area contributed by atoms with Crippen LogP contribution in [0.25, 0.3) is 0 Å². The van der Waals surface area contributed by atoms with Crippen LogP contribution in [0.3, 0.4) is 0 Å². The molecule has 1 aliphatic heterocycles. The fraction of sp³-hybridized carbons (Fsp3) is 0.421. The Bertz CT molecular complexity index is 888. The van der Waals surface area contributed by atoms with Gasteiger partial charge in [-0.25, -0.2) is 8.78 Å². The van der Waals surface area contributed by atoms with Crippen molar-refractivity contribution in [3.63, 3.8) is 0 Å². The number of Topliss-reactive ketones (excluding diaryl/α,β-unsaturated/α-hetero) is 1. The molecule has 26 heavy (non-hydrogen) atoms. The molecule has 1 atom stereocenters. The van der Waals surface area contributed by atoms with Gasteiger partial charge < -0.3 is 4.90 Å². The Labute approximate surface area is 155 Å². The SMILES string of the molecule is CC1(C)C[C@@]2(C=C(C#N)C1=O)CCN(C(=O)c1c(F)ccc(Cl)c1F)C2. The van der Waals surface area contributed by atoms with Gasteiger partial charge in [0.15, 0.2) is 11.6 Å². The smallest absolute Gasteiger partial charge is 0.259 e. The van der Waals surface area contributed by atoms with E-state index in [-0.39, 0.29) is 29.5 Å². The Morgan fingerprint density at radius 1 is 1.35 bits per heavy atom. The highest BCUT2D eigenvalue weighted by Crippen LogP contribution is 2.48. The molecule has 136 valence electrons. The van der Waals surface area contributed by atoms with Crippen LogP contribution < -0.4 is 0 Å². The van der Waals surface area contributed by atoms with Gasteiger partial charge in [0.1, 0.15) is 17.4 Å². The van der Waals surface area contributed by atoms with Crippen LogP contribution in [0.5, 0.6) is 0 Å². The third-order valence-electron chi connectivity index (χ3n) is 5.15. The Morgan fingerprint density at radius 3 is 2.69 bits per heavy atom. The molecule has 0 aromatic heterocycles. The number of likely N-dealkylation sites (tertiary alicyclic amines) is 1. The van der Waals surface area contributed by atoms with Crippen molar-refractivity contribution in [1.82, 2.24) is 4.90 Å². The number of halogens is 3. The number of carbonyl (C=O) groups excluding carboxylic acids is 2. The van der Waals surface area contributed by atoms with Crippen molar-refractivity contribution in [3.05, 3.63) is 46.0 Å². The van der Waals surface area contributed by atoms with Gasteiger partial charge in [-0.2, -0.15) is 5.26 Å². The first-order valence-electron chi connectivity index (χ1n) is 8.21. The number of ketones is 1. The molecule has 0 N–H and O–H groups in total. The van der Waals surface area contributed by atoms with E-state index in [1.165, 1.54) is 4.90 Å². The number of hydrogen-bond acceptors (Lipinski definition) is 3. The van der Waals surface area contributed by atoms with E-state index >= 15 is 0 Å². The lowest BCUT2D eigenvalue weighted by Gasteiger charge is -2.38. The summed E-state index contributed by atoms with van der Waals surface area (Å²) in [5.41, 5.74) is -1.88. The zero-order valence-electron chi connectivity index (χ0n) is 14.4. The summed E-state index contributed by atoms with van der Waals surface area (Å²) in [6.07, 6.45) is 2.61. The van der Waals surface area contributed by atoms with E-state index in [0.29, 0.717) is 12.8 Å². The predicted octanol–water partition coefficient (Wildman–Crippen LogP) is 3.90. The van der Waals surface area contributed by atoms with E-state index < -0.39 is 33.9 Å². The molecule has 0 unspecified atom stereocenters. The van der Waals surface area contributed by atoms with Crippen molar-refractivity contribution in [2.75, 3.05) is 13.1 Å². The molecule has 0 saturated carbocycles. The van der Waals surface area contributed by atoms with E-state index in [4.69, 9.17) is 11.6 Å². The van der Waals surface area contributed by atoms with E-state index in [2.05, 4.69) is 0 Å². The van der Waals surface area contributed by atoms with Crippen molar-refractivity contribution >= 4 is 23.3 Å². The Balaban J connectivity index is 1.93. The van der Waals surface area contributed by atoms with Crippen LogP contribution in [-0.4, -0.2) is 29.7 Å². The minimum absolute atomic E-state index is 0.0793. The van der Waals surface area contributed by atoms with Crippen LogP contribution in [0.2, 0.25) is 5.02 Å². The van der Waals surface area contributed by atoms with E-state index in [9.17, 15) is 23.6 Å². The van der Waals surface area contributed by atoms with Crippen LogP contribution in [0.4, 0.5) is 8.78 Å². The maximum Gasteiger partial charge on any atom is 0.259 e. The number of amides is 1. The average molecular weight is 379 g/mol. The maximum absolute atomic E-state index is 14.2. The molecule has 1 aromatic rings. The Hall–Kier alpha value is -2.26. The van der Waals surface area contributed by atoms with Gasteiger partial charge >= 0.3 is 0 Å². The van der Waals surface area contributed by atoms with Crippen LogP contribution in [0.1, 0.15) is 37.0 Å². The number of allylic oxidation sites excluding steroid dienone is 1. The number of benzene rings is 1. The fourth-order valence-corrected chi connectivity index (χ4v) is 4.20. The van der Waals surface area contributed by atoms with Crippen LogP contribution in [-0.2, 0) is 4.79 Å².